The molecular weight excluding hydrogens is 430 g/mol. The average Bonchev–Trinajstić information content (AvgIpc) is 3.46. The van der Waals surface area contributed by atoms with Crippen LogP contribution in [0.3, 0.4) is 0 Å². The summed E-state index contributed by atoms with van der Waals surface area (Å²) in [4.78, 5) is 32.4. The number of piperazine rings is 1. The van der Waals surface area contributed by atoms with Crippen molar-refractivity contribution in [3.8, 4) is 5.75 Å². The van der Waals surface area contributed by atoms with E-state index in [-0.39, 0.29) is 17.9 Å². The standard InChI is InChI=1S/C27H33N3O4/c1-18-19(2)24(33-3)10-9-20(18)16-28-11-13-29(14-12-28)23-8-4-7-22-25(23)27(32)30(26(22)31)17-21-6-5-15-34-21/h4,7-10,21H,5-6,11-17H2,1-3H3/t21-/m1/s1. The first kappa shape index (κ1) is 22.9. The Bertz CT molecular complexity index is 1100. The van der Waals surface area contributed by atoms with Crippen LogP contribution in [0.5, 0.6) is 5.75 Å². The van der Waals surface area contributed by atoms with Gasteiger partial charge >= 0.3 is 0 Å². The molecule has 7 nitrogen and oxygen atoms in total. The molecule has 0 saturated carbocycles. The molecule has 2 fully saturated rings. The number of hydrogen-bond acceptors (Lipinski definition) is 6. The Morgan fingerprint density at radius 2 is 1.79 bits per heavy atom. The summed E-state index contributed by atoms with van der Waals surface area (Å²) in [6.45, 7) is 9.64. The third-order valence-corrected chi connectivity index (χ3v) is 7.56. The highest BCUT2D eigenvalue weighted by Gasteiger charge is 2.40. The summed E-state index contributed by atoms with van der Waals surface area (Å²) in [6.07, 6.45) is 1.84. The lowest BCUT2D eigenvalue weighted by molar-refractivity contribution is 0.0475. The number of hydrogen-bond donors (Lipinski definition) is 0. The topological polar surface area (TPSA) is 62.3 Å². The number of amides is 2. The fourth-order valence-corrected chi connectivity index (χ4v) is 5.37. The van der Waals surface area contributed by atoms with Gasteiger partial charge in [0, 0.05) is 39.3 Å². The maximum absolute atomic E-state index is 13.3. The minimum atomic E-state index is -0.193. The van der Waals surface area contributed by atoms with E-state index in [1.165, 1.54) is 21.6 Å². The molecule has 3 heterocycles. The maximum Gasteiger partial charge on any atom is 0.263 e. The minimum Gasteiger partial charge on any atom is -0.496 e. The molecule has 2 saturated heterocycles. The van der Waals surface area contributed by atoms with Crippen molar-refractivity contribution in [2.75, 3.05) is 51.3 Å². The smallest absolute Gasteiger partial charge is 0.263 e. The molecule has 7 heteroatoms. The largest absolute Gasteiger partial charge is 0.496 e. The first-order chi connectivity index (χ1) is 16.5. The second kappa shape index (κ2) is 9.39. The maximum atomic E-state index is 13.3. The highest BCUT2D eigenvalue weighted by atomic mass is 16.5. The van der Waals surface area contributed by atoms with E-state index in [9.17, 15) is 9.59 Å². The van der Waals surface area contributed by atoms with E-state index in [0.29, 0.717) is 24.3 Å². The number of benzene rings is 2. The summed E-state index contributed by atoms with van der Waals surface area (Å²) >= 11 is 0. The predicted molar refractivity (Wildman–Crippen MR) is 131 cm³/mol. The lowest BCUT2D eigenvalue weighted by atomic mass is 10.0. The Labute approximate surface area is 201 Å². The summed E-state index contributed by atoms with van der Waals surface area (Å²) in [6, 6.07) is 9.85. The molecular formula is C27H33N3O4. The first-order valence-electron chi connectivity index (χ1n) is 12.2. The number of imide groups is 1. The molecule has 180 valence electrons. The van der Waals surface area contributed by atoms with Gasteiger partial charge in [-0.2, -0.15) is 0 Å². The van der Waals surface area contributed by atoms with Crippen LogP contribution in [-0.4, -0.2) is 74.2 Å². The molecule has 3 aliphatic heterocycles. The second-order valence-electron chi connectivity index (χ2n) is 9.50. The SMILES string of the molecule is COc1ccc(CN2CCN(c3cccc4c3C(=O)N(C[C@H]3CCCO3)C4=O)CC2)c(C)c1C. The van der Waals surface area contributed by atoms with Crippen molar-refractivity contribution in [2.24, 2.45) is 0 Å². The number of fused-ring (bicyclic) bond motifs is 1. The normalized spacial score (nSPS) is 20.9. The van der Waals surface area contributed by atoms with Gasteiger partial charge in [0.2, 0.25) is 0 Å². The van der Waals surface area contributed by atoms with Gasteiger partial charge in [-0.3, -0.25) is 19.4 Å². The van der Waals surface area contributed by atoms with Gasteiger partial charge in [0.05, 0.1) is 36.6 Å². The Kier molecular flexibility index (Phi) is 6.32. The van der Waals surface area contributed by atoms with Crippen molar-refractivity contribution >= 4 is 17.5 Å². The zero-order chi connectivity index (χ0) is 23.8. The van der Waals surface area contributed by atoms with Crippen LogP contribution in [0, 0.1) is 13.8 Å². The summed E-state index contributed by atoms with van der Waals surface area (Å²) in [7, 11) is 1.71. The van der Waals surface area contributed by atoms with Gasteiger partial charge in [0.1, 0.15) is 5.75 Å². The number of carbonyl (C=O) groups excluding carboxylic acids is 2. The van der Waals surface area contributed by atoms with Gasteiger partial charge in [0.15, 0.2) is 0 Å². The number of methoxy groups -OCH3 is 1. The van der Waals surface area contributed by atoms with Gasteiger partial charge in [-0.25, -0.2) is 0 Å². The lowest BCUT2D eigenvalue weighted by Gasteiger charge is -2.37. The van der Waals surface area contributed by atoms with Crippen LogP contribution in [0.15, 0.2) is 30.3 Å². The van der Waals surface area contributed by atoms with Gasteiger partial charge in [0.25, 0.3) is 11.8 Å². The number of carbonyl (C=O) groups is 2. The van der Waals surface area contributed by atoms with Crippen LogP contribution >= 0.6 is 0 Å². The summed E-state index contributed by atoms with van der Waals surface area (Å²) in [5, 5.41) is 0. The highest BCUT2D eigenvalue weighted by Crippen LogP contribution is 2.33. The zero-order valence-corrected chi connectivity index (χ0v) is 20.3. The van der Waals surface area contributed by atoms with Crippen LogP contribution in [0.1, 0.15) is 50.2 Å². The van der Waals surface area contributed by atoms with Crippen LogP contribution < -0.4 is 9.64 Å². The van der Waals surface area contributed by atoms with Crippen molar-refractivity contribution in [3.05, 3.63) is 58.1 Å². The van der Waals surface area contributed by atoms with E-state index in [0.717, 1.165) is 57.0 Å². The van der Waals surface area contributed by atoms with Crippen LogP contribution in [0.4, 0.5) is 5.69 Å². The average molecular weight is 464 g/mol. The fraction of sp³-hybridized carbons (Fsp3) is 0.481. The van der Waals surface area contributed by atoms with E-state index in [1.807, 2.05) is 18.2 Å². The number of ether oxygens (including phenoxy) is 2. The van der Waals surface area contributed by atoms with Gasteiger partial charge in [-0.05, 0) is 61.6 Å². The molecule has 0 unspecified atom stereocenters. The molecule has 0 aliphatic carbocycles. The monoisotopic (exact) mass is 463 g/mol. The first-order valence-corrected chi connectivity index (χ1v) is 12.2. The van der Waals surface area contributed by atoms with Crippen LogP contribution in [0.2, 0.25) is 0 Å². The Balaban J connectivity index is 1.28. The summed E-state index contributed by atoms with van der Waals surface area (Å²) in [5.74, 6) is 0.552. The van der Waals surface area contributed by atoms with Crippen molar-refractivity contribution < 1.29 is 19.1 Å². The van der Waals surface area contributed by atoms with Gasteiger partial charge in [-0.15, -0.1) is 0 Å². The van der Waals surface area contributed by atoms with Gasteiger partial charge in [-0.1, -0.05) is 12.1 Å². The molecule has 0 spiro atoms. The van der Waals surface area contributed by atoms with E-state index in [2.05, 4.69) is 29.7 Å². The van der Waals surface area contributed by atoms with Crippen LogP contribution in [-0.2, 0) is 11.3 Å². The van der Waals surface area contributed by atoms with Crippen molar-refractivity contribution in [2.45, 2.75) is 39.3 Å². The van der Waals surface area contributed by atoms with Crippen molar-refractivity contribution in [1.29, 1.82) is 0 Å². The van der Waals surface area contributed by atoms with Crippen molar-refractivity contribution in [1.82, 2.24) is 9.80 Å². The van der Waals surface area contributed by atoms with E-state index < -0.39 is 0 Å². The van der Waals surface area contributed by atoms with E-state index in [1.54, 1.807) is 13.2 Å². The Hall–Kier alpha value is -2.90. The molecule has 2 aromatic carbocycles. The lowest BCUT2D eigenvalue weighted by Crippen LogP contribution is -2.46. The minimum absolute atomic E-state index is 0.0424. The number of nitrogens with zero attached hydrogens (tertiary/aromatic N) is 3. The predicted octanol–water partition coefficient (Wildman–Crippen LogP) is 3.41. The molecule has 5 rings (SSSR count). The fourth-order valence-electron chi connectivity index (χ4n) is 5.37. The second-order valence-corrected chi connectivity index (χ2v) is 9.50. The number of rotatable bonds is 6. The van der Waals surface area contributed by atoms with Gasteiger partial charge < -0.3 is 14.4 Å². The van der Waals surface area contributed by atoms with E-state index >= 15 is 0 Å². The Morgan fingerprint density at radius 3 is 2.50 bits per heavy atom. The zero-order valence-electron chi connectivity index (χ0n) is 20.3. The molecule has 2 amide bonds. The van der Waals surface area contributed by atoms with Crippen molar-refractivity contribution in [3.63, 3.8) is 0 Å². The van der Waals surface area contributed by atoms with Crippen LogP contribution in [0.25, 0.3) is 0 Å². The summed E-state index contributed by atoms with van der Waals surface area (Å²) in [5.41, 5.74) is 5.74. The molecule has 34 heavy (non-hydrogen) atoms. The Morgan fingerprint density at radius 1 is 1.00 bits per heavy atom. The number of anilines is 1. The molecule has 2 aromatic rings. The van der Waals surface area contributed by atoms with E-state index in [4.69, 9.17) is 9.47 Å². The third-order valence-electron chi connectivity index (χ3n) is 7.56. The quantitative estimate of drug-likeness (QED) is 0.612. The third kappa shape index (κ3) is 4.07. The molecule has 0 aromatic heterocycles. The molecule has 0 radical (unpaired) electrons. The molecule has 0 N–H and O–H groups in total. The highest BCUT2D eigenvalue weighted by molar-refractivity contribution is 6.23. The molecule has 1 atom stereocenters. The summed E-state index contributed by atoms with van der Waals surface area (Å²) < 4.78 is 11.1. The molecule has 3 aliphatic rings. The molecule has 0 bridgehead atoms.